The quantitative estimate of drug-likeness (QED) is 0.156. The number of sulfonamides is 1. The molecule has 0 spiro atoms. The molecule has 4 aromatic rings. The van der Waals surface area contributed by atoms with Gasteiger partial charge in [0, 0.05) is 24.1 Å². The first-order valence-electron chi connectivity index (χ1n) is 16.8. The second-order valence-corrected chi connectivity index (χ2v) is 16.9. The highest BCUT2D eigenvalue weighted by atomic mass is 32.2. The molecule has 1 saturated carbocycles. The number of phosphoric acid groups is 1. The van der Waals surface area contributed by atoms with Crippen molar-refractivity contribution in [2.45, 2.75) is 62.9 Å². The number of hydrogen-bond donors (Lipinski definition) is 3. The molecule has 4 heterocycles. The predicted molar refractivity (Wildman–Crippen MR) is 187 cm³/mol. The summed E-state index contributed by atoms with van der Waals surface area (Å²) in [7, 11) is -7.36. The van der Waals surface area contributed by atoms with Crippen LogP contribution >= 0.6 is 7.82 Å². The van der Waals surface area contributed by atoms with E-state index in [1.165, 1.54) is 48.4 Å². The van der Waals surface area contributed by atoms with Gasteiger partial charge >= 0.3 is 7.82 Å². The normalized spacial score (nSPS) is 23.3. The highest BCUT2D eigenvalue weighted by molar-refractivity contribution is 7.92. The summed E-state index contributed by atoms with van der Waals surface area (Å²) in [5.41, 5.74) is 7.00. The lowest BCUT2D eigenvalue weighted by atomic mass is 10.0. The van der Waals surface area contributed by atoms with Crippen molar-refractivity contribution in [3.8, 4) is 11.3 Å². The first kappa shape index (κ1) is 38.0. The van der Waals surface area contributed by atoms with Gasteiger partial charge in [-0.1, -0.05) is 0 Å². The Labute approximate surface area is 308 Å². The number of halogens is 1. The van der Waals surface area contributed by atoms with Crippen molar-refractivity contribution < 1.29 is 59.5 Å². The Morgan fingerprint density at radius 3 is 2.50 bits per heavy atom. The molecule has 54 heavy (non-hydrogen) atoms. The number of phosphoric ester groups is 1. The fourth-order valence-corrected chi connectivity index (χ4v) is 8.31. The van der Waals surface area contributed by atoms with Crippen LogP contribution in [0.15, 0.2) is 47.1 Å². The van der Waals surface area contributed by atoms with Crippen molar-refractivity contribution in [1.82, 2.24) is 20.1 Å². The number of amides is 2. The van der Waals surface area contributed by atoms with Crippen molar-refractivity contribution in [1.29, 1.82) is 0 Å². The van der Waals surface area contributed by atoms with Gasteiger partial charge in [0.25, 0.3) is 11.8 Å². The number of furan rings is 1. The molecule has 2 aromatic carbocycles. The predicted octanol–water partition coefficient (Wildman–Crippen LogP) is 3.18. The van der Waals surface area contributed by atoms with Crippen molar-refractivity contribution in [2.24, 2.45) is 5.73 Å². The molecule has 7 rings (SSSR count). The minimum absolute atomic E-state index is 0.0192. The van der Waals surface area contributed by atoms with Crippen LogP contribution in [0.1, 0.15) is 65.4 Å². The summed E-state index contributed by atoms with van der Waals surface area (Å²) in [6.07, 6.45) is 0.316. The van der Waals surface area contributed by atoms with E-state index in [0.29, 0.717) is 16.5 Å². The zero-order valence-corrected chi connectivity index (χ0v) is 31.2. The number of nitrogens with two attached hydrogens (primary N) is 1. The summed E-state index contributed by atoms with van der Waals surface area (Å²) in [5.74, 6) is -2.92. The molecule has 0 bridgehead atoms. The summed E-state index contributed by atoms with van der Waals surface area (Å²) in [6.45, 7) is 1.90. The van der Waals surface area contributed by atoms with E-state index >= 15 is 0 Å². The van der Waals surface area contributed by atoms with Crippen LogP contribution in [0.2, 0.25) is 0 Å². The Morgan fingerprint density at radius 1 is 1.17 bits per heavy atom. The van der Waals surface area contributed by atoms with Gasteiger partial charge in [-0.3, -0.25) is 22.9 Å². The van der Waals surface area contributed by atoms with Crippen LogP contribution in [-0.2, 0) is 37.8 Å². The number of hydrogen-bond acceptors (Lipinski definition) is 13. The summed E-state index contributed by atoms with van der Waals surface area (Å²) in [6, 6.07) is 8.64. The van der Waals surface area contributed by atoms with E-state index < -0.39 is 85.6 Å². The Kier molecular flexibility index (Phi) is 9.93. The zero-order chi connectivity index (χ0) is 38.7. The molecule has 2 aromatic heterocycles. The largest absolute Gasteiger partial charge is 0.472 e. The third-order valence-electron chi connectivity index (χ3n) is 9.15. The first-order chi connectivity index (χ1) is 25.4. The van der Waals surface area contributed by atoms with Crippen LogP contribution < -0.4 is 15.4 Å². The number of ether oxygens (including phenoxy) is 3. The van der Waals surface area contributed by atoms with E-state index in [2.05, 4.69) is 15.4 Å². The fraction of sp³-hybridized carbons (Fsp3) is 0.455. The molecular weight excluding hydrogens is 754 g/mol. The van der Waals surface area contributed by atoms with E-state index in [9.17, 15) is 31.9 Å². The Balaban J connectivity index is 1.09. The molecule has 2 saturated heterocycles. The van der Waals surface area contributed by atoms with Crippen LogP contribution in [-0.4, -0.2) is 97.1 Å². The Morgan fingerprint density at radius 2 is 1.87 bits per heavy atom. The molecule has 1 unspecified atom stereocenters. The molecule has 0 radical (unpaired) electrons. The van der Waals surface area contributed by atoms with E-state index in [-0.39, 0.29) is 34.3 Å². The van der Waals surface area contributed by atoms with Crippen LogP contribution in [0, 0.1) is 5.82 Å². The zero-order valence-electron chi connectivity index (χ0n) is 29.5. The number of primary amides is 1. The van der Waals surface area contributed by atoms with E-state index in [4.69, 9.17) is 33.4 Å². The molecular formula is C33H38FN6O12PS. The lowest BCUT2D eigenvalue weighted by molar-refractivity contribution is -0.201. The van der Waals surface area contributed by atoms with Crippen molar-refractivity contribution in [2.75, 3.05) is 37.4 Å². The molecule has 5 atom stereocenters. The summed E-state index contributed by atoms with van der Waals surface area (Å²) in [5, 5.41) is 7.07. The summed E-state index contributed by atoms with van der Waals surface area (Å²) < 4.78 is 90.2. The van der Waals surface area contributed by atoms with Crippen LogP contribution in [0.4, 0.5) is 10.1 Å². The average molecular weight is 793 g/mol. The standard InChI is InChI=1S/C33H38FN6O12PS/c1-33(2)51-27-24(50-32(28(27)52-33)39-16-37-30(38-39)29(35)41)15-48-53(43,44)47-12-11-40(54(4,45)46)22-14-23-21(13-20(22)17-5-6-17)25(31(42)36-3)26(49-23)18-7-9-19(34)10-8-18/h7-10,13-14,16-17,24,27-28,32H,5-6,11-12,15H2,1-4H3,(H2,35,41)(H,36,42)(H,43,44)/t24-,27-,28-,32-/m1/s1. The molecule has 4 N–H and O–H groups in total. The first-order valence-corrected chi connectivity index (χ1v) is 20.2. The van der Waals surface area contributed by atoms with Gasteiger partial charge in [-0.25, -0.2) is 27.0 Å². The molecule has 21 heteroatoms. The van der Waals surface area contributed by atoms with Crippen LogP contribution in [0.3, 0.4) is 0 Å². The topological polar surface area (TPSA) is 237 Å². The number of fused-ring (bicyclic) bond motifs is 2. The number of nitrogens with one attached hydrogen (secondary N) is 1. The minimum atomic E-state index is -4.81. The van der Waals surface area contributed by atoms with Crippen LogP contribution in [0.25, 0.3) is 22.3 Å². The number of aromatic nitrogens is 3. The average Bonchev–Trinajstić information content (AvgIpc) is 3.39. The second-order valence-electron chi connectivity index (χ2n) is 13.5. The van der Waals surface area contributed by atoms with Gasteiger partial charge in [0.2, 0.25) is 15.8 Å². The van der Waals surface area contributed by atoms with Gasteiger partial charge in [0.15, 0.2) is 12.0 Å². The number of anilines is 1. The minimum Gasteiger partial charge on any atom is -0.455 e. The van der Waals surface area contributed by atoms with Gasteiger partial charge in [0.1, 0.15) is 41.8 Å². The van der Waals surface area contributed by atoms with Gasteiger partial charge in [0.05, 0.1) is 37.3 Å². The van der Waals surface area contributed by atoms with E-state index in [0.717, 1.165) is 23.4 Å². The van der Waals surface area contributed by atoms with Crippen molar-refractivity contribution in [3.05, 3.63) is 65.5 Å². The maximum atomic E-state index is 13.7. The third kappa shape index (κ3) is 7.65. The number of benzene rings is 2. The lowest BCUT2D eigenvalue weighted by Crippen LogP contribution is -2.34. The van der Waals surface area contributed by atoms with Gasteiger partial charge in [-0.2, -0.15) is 0 Å². The molecule has 2 amide bonds. The Bertz CT molecular complexity index is 2260. The maximum absolute atomic E-state index is 13.7. The molecule has 1 aliphatic carbocycles. The van der Waals surface area contributed by atoms with Gasteiger partial charge < -0.3 is 34.6 Å². The van der Waals surface area contributed by atoms with Gasteiger partial charge in [-0.15, -0.1) is 5.10 Å². The summed E-state index contributed by atoms with van der Waals surface area (Å²) in [4.78, 5) is 39.1. The highest BCUT2D eigenvalue weighted by Crippen LogP contribution is 2.49. The van der Waals surface area contributed by atoms with E-state index in [1.807, 2.05) is 0 Å². The second kappa shape index (κ2) is 14.1. The molecule has 2 aliphatic heterocycles. The smallest absolute Gasteiger partial charge is 0.455 e. The Hall–Kier alpha value is -4.27. The lowest BCUT2D eigenvalue weighted by Gasteiger charge is -2.26. The highest BCUT2D eigenvalue weighted by Gasteiger charge is 2.56. The fourth-order valence-electron chi connectivity index (χ4n) is 6.67. The number of rotatable bonds is 14. The number of nitrogens with zero attached hydrogens (tertiary/aromatic N) is 4. The molecule has 3 aliphatic rings. The third-order valence-corrected chi connectivity index (χ3v) is 11.3. The number of carbonyl (C=O) groups is 2. The number of carbonyl (C=O) groups excluding carboxylic acids is 2. The van der Waals surface area contributed by atoms with Gasteiger partial charge in [-0.05, 0) is 68.5 Å². The summed E-state index contributed by atoms with van der Waals surface area (Å²) >= 11 is 0. The molecule has 18 nitrogen and oxygen atoms in total. The van der Waals surface area contributed by atoms with E-state index in [1.54, 1.807) is 19.9 Å². The SMILES string of the molecule is CNC(=O)c1c(-c2ccc(F)cc2)oc2cc(N(CCOP(=O)(O)OC[C@H]3O[C@@H](n4cnc(C(N)=O)n4)[C@@H]4OC(C)(C)O[C@@H]43)S(C)(=O)=O)c(C3CC3)cc12. The molecule has 3 fully saturated rings. The monoisotopic (exact) mass is 792 g/mol. The molecule has 290 valence electrons. The van der Waals surface area contributed by atoms with Crippen LogP contribution in [0.5, 0.6) is 0 Å². The maximum Gasteiger partial charge on any atom is 0.472 e. The van der Waals surface area contributed by atoms with Crippen molar-refractivity contribution >= 4 is 46.3 Å². The van der Waals surface area contributed by atoms with Crippen molar-refractivity contribution in [3.63, 3.8) is 0 Å².